The summed E-state index contributed by atoms with van der Waals surface area (Å²) in [6.45, 7) is 5.12. The normalized spacial score (nSPS) is 13.4. The maximum absolute atomic E-state index is 11.4. The average molecular weight is 267 g/mol. The van der Waals surface area contributed by atoms with Gasteiger partial charge in [0.15, 0.2) is 5.92 Å². The number of ether oxygens (including phenoxy) is 1. The first kappa shape index (κ1) is 13.4. The number of rotatable bonds is 4. The van der Waals surface area contributed by atoms with Gasteiger partial charge in [0.2, 0.25) is 0 Å². The number of esters is 1. The molecule has 0 radical (unpaired) electrons. The first-order chi connectivity index (χ1) is 6.28. The summed E-state index contributed by atoms with van der Waals surface area (Å²) in [7, 11) is 0. The van der Waals surface area contributed by atoms with Crippen LogP contribution in [0.4, 0.5) is 0 Å². The van der Waals surface area contributed by atoms with Crippen LogP contribution in [0.3, 0.4) is 0 Å². The van der Waals surface area contributed by atoms with E-state index in [2.05, 4.69) is 15.9 Å². The third-order valence-electron chi connectivity index (χ3n) is 1.39. The minimum absolute atomic E-state index is 0.240. The monoisotopic (exact) mass is 266 g/mol. The molecule has 1 atom stereocenters. The highest BCUT2D eigenvalue weighted by Gasteiger charge is 2.30. The van der Waals surface area contributed by atoms with Crippen molar-refractivity contribution in [1.82, 2.24) is 0 Å². The molecule has 1 unspecified atom stereocenters. The van der Waals surface area contributed by atoms with Crippen LogP contribution in [0.15, 0.2) is 0 Å². The minimum Gasteiger partial charge on any atom is -0.481 e. The molecule has 82 valence electrons. The fraction of sp³-hybridized carbons (Fsp3) is 0.778. The van der Waals surface area contributed by atoms with E-state index < -0.39 is 23.5 Å². The van der Waals surface area contributed by atoms with Crippen LogP contribution >= 0.6 is 15.9 Å². The van der Waals surface area contributed by atoms with Crippen molar-refractivity contribution in [3.8, 4) is 0 Å². The van der Waals surface area contributed by atoms with E-state index in [1.165, 1.54) is 0 Å². The predicted octanol–water partition coefficient (Wildman–Crippen LogP) is 1.81. The van der Waals surface area contributed by atoms with Gasteiger partial charge in [0, 0.05) is 5.33 Å². The topological polar surface area (TPSA) is 63.6 Å². The van der Waals surface area contributed by atoms with Gasteiger partial charge < -0.3 is 9.84 Å². The third-order valence-corrected chi connectivity index (χ3v) is 1.85. The number of carboxylic acids is 1. The Balaban J connectivity index is 4.38. The van der Waals surface area contributed by atoms with Gasteiger partial charge in [-0.15, -0.1) is 0 Å². The van der Waals surface area contributed by atoms with Gasteiger partial charge >= 0.3 is 11.9 Å². The highest BCUT2D eigenvalue weighted by Crippen LogP contribution is 2.14. The summed E-state index contributed by atoms with van der Waals surface area (Å²) in [5, 5.41) is 9.21. The summed E-state index contributed by atoms with van der Waals surface area (Å²) in [6.07, 6.45) is 0.240. The summed E-state index contributed by atoms with van der Waals surface area (Å²) in [4.78, 5) is 22.1. The first-order valence-corrected chi connectivity index (χ1v) is 5.41. The van der Waals surface area contributed by atoms with Gasteiger partial charge in [-0.25, -0.2) is 0 Å². The van der Waals surface area contributed by atoms with E-state index in [9.17, 15) is 9.59 Å². The van der Waals surface area contributed by atoms with Crippen LogP contribution < -0.4 is 0 Å². The van der Waals surface area contributed by atoms with Crippen LogP contribution in [0.1, 0.15) is 27.2 Å². The van der Waals surface area contributed by atoms with Crippen LogP contribution in [0.5, 0.6) is 0 Å². The number of hydrogen-bond donors (Lipinski definition) is 1. The van der Waals surface area contributed by atoms with Gasteiger partial charge in [0.1, 0.15) is 5.60 Å². The van der Waals surface area contributed by atoms with Crippen molar-refractivity contribution >= 4 is 27.9 Å². The van der Waals surface area contributed by atoms with Crippen molar-refractivity contribution in [3.05, 3.63) is 0 Å². The van der Waals surface area contributed by atoms with Crippen molar-refractivity contribution in [2.45, 2.75) is 32.8 Å². The highest BCUT2D eigenvalue weighted by molar-refractivity contribution is 9.09. The van der Waals surface area contributed by atoms with Crippen LogP contribution in [-0.2, 0) is 14.3 Å². The van der Waals surface area contributed by atoms with E-state index >= 15 is 0 Å². The fourth-order valence-corrected chi connectivity index (χ4v) is 1.28. The smallest absolute Gasteiger partial charge is 0.320 e. The van der Waals surface area contributed by atoms with E-state index in [0.29, 0.717) is 5.33 Å². The zero-order valence-corrected chi connectivity index (χ0v) is 10.1. The Morgan fingerprint density at radius 2 is 1.93 bits per heavy atom. The summed E-state index contributed by atoms with van der Waals surface area (Å²) >= 11 is 3.10. The van der Waals surface area contributed by atoms with E-state index in [-0.39, 0.29) is 6.42 Å². The van der Waals surface area contributed by atoms with Gasteiger partial charge in [-0.1, -0.05) is 15.9 Å². The molecule has 0 fully saturated rings. The number of carbonyl (C=O) groups excluding carboxylic acids is 1. The quantitative estimate of drug-likeness (QED) is 0.479. The molecule has 0 heterocycles. The molecule has 4 nitrogen and oxygen atoms in total. The van der Waals surface area contributed by atoms with Gasteiger partial charge in [-0.05, 0) is 27.2 Å². The lowest BCUT2D eigenvalue weighted by Crippen LogP contribution is -2.32. The number of hydrogen-bond acceptors (Lipinski definition) is 3. The Bertz CT molecular complexity index is 219. The van der Waals surface area contributed by atoms with Gasteiger partial charge in [-0.2, -0.15) is 0 Å². The van der Waals surface area contributed by atoms with Gasteiger partial charge in [0.05, 0.1) is 0 Å². The lowest BCUT2D eigenvalue weighted by molar-refractivity contribution is -0.166. The number of halogens is 1. The minimum atomic E-state index is -1.14. The molecule has 1 N–H and O–H groups in total. The molecule has 0 spiro atoms. The summed E-state index contributed by atoms with van der Waals surface area (Å²) in [5.74, 6) is -2.89. The molecule has 14 heavy (non-hydrogen) atoms. The number of aliphatic carboxylic acids is 1. The second-order valence-electron chi connectivity index (χ2n) is 3.90. The second-order valence-corrected chi connectivity index (χ2v) is 4.69. The van der Waals surface area contributed by atoms with Crippen LogP contribution in [0.25, 0.3) is 0 Å². The van der Waals surface area contributed by atoms with Crippen LogP contribution in [0.2, 0.25) is 0 Å². The lowest BCUT2D eigenvalue weighted by atomic mass is 10.1. The summed E-state index contributed by atoms with van der Waals surface area (Å²) in [6, 6.07) is 0. The molecule has 0 aromatic heterocycles. The van der Waals surface area contributed by atoms with Crippen molar-refractivity contribution in [2.24, 2.45) is 5.92 Å². The van der Waals surface area contributed by atoms with Gasteiger partial charge in [0.25, 0.3) is 0 Å². The Morgan fingerprint density at radius 1 is 1.43 bits per heavy atom. The molecular formula is C9H15BrO4. The molecule has 0 rings (SSSR count). The number of carboxylic acid groups (broad SMARTS) is 1. The van der Waals surface area contributed by atoms with E-state index in [0.717, 1.165) is 0 Å². The standard InChI is InChI=1S/C9H15BrO4/c1-9(2,3)14-8(13)6(4-5-10)7(11)12/h6H,4-5H2,1-3H3,(H,11,12). The molecule has 0 aromatic rings. The molecule has 0 aliphatic carbocycles. The Morgan fingerprint density at radius 3 is 2.21 bits per heavy atom. The van der Waals surface area contributed by atoms with Crippen molar-refractivity contribution in [1.29, 1.82) is 0 Å². The molecule has 0 aliphatic rings. The third kappa shape index (κ3) is 5.21. The van der Waals surface area contributed by atoms with E-state index in [1.54, 1.807) is 20.8 Å². The van der Waals surface area contributed by atoms with Crippen LogP contribution in [-0.4, -0.2) is 28.0 Å². The Hall–Kier alpha value is -0.580. The highest BCUT2D eigenvalue weighted by atomic mass is 79.9. The first-order valence-electron chi connectivity index (χ1n) is 4.29. The fourth-order valence-electron chi connectivity index (χ4n) is 0.824. The Labute approximate surface area is 91.8 Å². The molecule has 0 saturated carbocycles. The molecule has 0 aromatic carbocycles. The second kappa shape index (κ2) is 5.34. The molecule has 0 amide bonds. The Kier molecular flexibility index (Phi) is 5.12. The average Bonchev–Trinajstić information content (AvgIpc) is 1.95. The molecule has 5 heteroatoms. The maximum Gasteiger partial charge on any atom is 0.320 e. The zero-order valence-electron chi connectivity index (χ0n) is 8.54. The molecule has 0 saturated heterocycles. The van der Waals surface area contributed by atoms with Crippen LogP contribution in [0, 0.1) is 5.92 Å². The lowest BCUT2D eigenvalue weighted by Gasteiger charge is -2.21. The van der Waals surface area contributed by atoms with Crippen molar-refractivity contribution < 1.29 is 19.4 Å². The van der Waals surface area contributed by atoms with E-state index in [4.69, 9.17) is 9.84 Å². The maximum atomic E-state index is 11.4. The number of carbonyl (C=O) groups is 2. The molecule has 0 bridgehead atoms. The molecular weight excluding hydrogens is 252 g/mol. The zero-order chi connectivity index (χ0) is 11.4. The van der Waals surface area contributed by atoms with Crippen molar-refractivity contribution in [3.63, 3.8) is 0 Å². The number of alkyl halides is 1. The van der Waals surface area contributed by atoms with E-state index in [1.807, 2.05) is 0 Å². The summed E-state index contributed by atoms with van der Waals surface area (Å²) < 4.78 is 4.97. The molecule has 0 aliphatic heterocycles. The SMILES string of the molecule is CC(C)(C)OC(=O)C(CCBr)C(=O)O. The predicted molar refractivity (Wildman–Crippen MR) is 55.4 cm³/mol. The van der Waals surface area contributed by atoms with Crippen molar-refractivity contribution in [2.75, 3.05) is 5.33 Å². The van der Waals surface area contributed by atoms with Gasteiger partial charge in [-0.3, -0.25) is 9.59 Å². The largest absolute Gasteiger partial charge is 0.481 e. The summed E-state index contributed by atoms with van der Waals surface area (Å²) in [5.41, 5.74) is -0.642.